The van der Waals surface area contributed by atoms with Gasteiger partial charge in [-0.1, -0.05) is 6.07 Å². The zero-order valence-corrected chi connectivity index (χ0v) is 20.4. The maximum absolute atomic E-state index is 14.5. The van der Waals surface area contributed by atoms with Crippen molar-refractivity contribution in [2.45, 2.75) is 70.7 Å². The molecule has 1 amide bonds. The van der Waals surface area contributed by atoms with Crippen LogP contribution in [0.3, 0.4) is 0 Å². The Hall–Kier alpha value is -3.41. The van der Waals surface area contributed by atoms with E-state index in [0.717, 1.165) is 31.2 Å². The number of carbonyl (C=O) groups is 1. The number of aromatic nitrogens is 4. The molecule has 0 radical (unpaired) electrons. The van der Waals surface area contributed by atoms with Gasteiger partial charge in [-0.15, -0.1) is 0 Å². The molecule has 5 rings (SSSR count). The monoisotopic (exact) mass is 503 g/mol. The van der Waals surface area contributed by atoms with Crippen molar-refractivity contribution in [3.8, 4) is 11.6 Å². The molecule has 10 nitrogen and oxygen atoms in total. The minimum atomic E-state index is -0.750. The molecule has 2 aliphatic heterocycles. The maximum Gasteiger partial charge on any atom is 0.410 e. The van der Waals surface area contributed by atoms with Crippen molar-refractivity contribution in [3.63, 3.8) is 0 Å². The van der Waals surface area contributed by atoms with Gasteiger partial charge in [0.05, 0.1) is 12.3 Å². The molecular weight excluding hydrogens is 477 g/mol. The first-order valence-electron chi connectivity index (χ1n) is 11.3. The second-order valence-electron chi connectivity index (χ2n) is 8.93. The fraction of sp³-hybridized carbons (Fsp3) is 0.478. The second kappa shape index (κ2) is 10.5. The van der Waals surface area contributed by atoms with E-state index < -0.39 is 11.6 Å². The largest absolute Gasteiger partial charge is 0.474 e. The summed E-state index contributed by atoms with van der Waals surface area (Å²) in [7, 11) is 0. The molecule has 2 bridgehead atoms. The molecule has 12 heteroatoms. The number of hydrogen-bond donors (Lipinski definition) is 0. The Labute approximate surface area is 205 Å². The summed E-state index contributed by atoms with van der Waals surface area (Å²) in [6, 6.07) is 5.19. The van der Waals surface area contributed by atoms with Crippen LogP contribution in [0.4, 0.5) is 9.18 Å². The molecule has 2 fully saturated rings. The van der Waals surface area contributed by atoms with Gasteiger partial charge in [-0.3, -0.25) is 0 Å². The molecule has 1 aromatic carbocycles. The van der Waals surface area contributed by atoms with Crippen molar-refractivity contribution < 1.29 is 27.1 Å². The van der Waals surface area contributed by atoms with E-state index in [1.54, 1.807) is 12.3 Å². The lowest BCUT2D eigenvalue weighted by Crippen LogP contribution is -2.49. The van der Waals surface area contributed by atoms with Crippen LogP contribution in [-0.4, -0.2) is 63.5 Å². The number of amides is 1. The van der Waals surface area contributed by atoms with Crippen molar-refractivity contribution in [2.24, 2.45) is 0 Å². The number of benzene rings is 1. The van der Waals surface area contributed by atoms with Crippen LogP contribution in [0, 0.1) is 12.7 Å². The van der Waals surface area contributed by atoms with E-state index in [0.29, 0.717) is 22.6 Å². The van der Waals surface area contributed by atoms with Gasteiger partial charge in [-0.25, -0.2) is 23.8 Å². The number of carbonyl (C=O) groups excluding carboxylic acids is 1. The molecule has 186 valence electrons. The van der Waals surface area contributed by atoms with Crippen LogP contribution >= 0.6 is 0 Å². The highest BCUT2D eigenvalue weighted by molar-refractivity contribution is 7.51. The third-order valence-electron chi connectivity index (χ3n) is 6.18. The number of ether oxygens (including phenoxy) is 2. The zero-order chi connectivity index (χ0) is 25.1. The minimum Gasteiger partial charge on any atom is -0.474 e. The zero-order valence-electron chi connectivity index (χ0n) is 19.6. The van der Waals surface area contributed by atoms with Crippen LogP contribution in [0.25, 0.3) is 16.7 Å². The number of nitrogens with zero attached hydrogens (tertiary/aromatic N) is 5. The lowest BCUT2D eigenvalue weighted by molar-refractivity contribution is 0.0212. The number of piperidine rings is 1. The summed E-state index contributed by atoms with van der Waals surface area (Å²) in [6.07, 6.45) is 5.89. The van der Waals surface area contributed by atoms with Crippen LogP contribution in [0.2, 0.25) is 0 Å². The Bertz CT molecular complexity index is 1250. The molecule has 0 saturated carbocycles. The van der Waals surface area contributed by atoms with Gasteiger partial charge in [0.15, 0.2) is 5.65 Å². The predicted molar refractivity (Wildman–Crippen MR) is 124 cm³/mol. The highest BCUT2D eigenvalue weighted by atomic mass is 32.1. The quantitative estimate of drug-likeness (QED) is 0.531. The normalized spacial score (nSPS) is 20.9. The summed E-state index contributed by atoms with van der Waals surface area (Å²) in [4.78, 5) is 23.0. The molecule has 2 saturated heterocycles. The smallest absolute Gasteiger partial charge is 0.410 e. The summed E-state index contributed by atoms with van der Waals surface area (Å²) in [5.74, 6) is 0.0599. The maximum atomic E-state index is 14.5. The van der Waals surface area contributed by atoms with Gasteiger partial charge in [0.1, 0.15) is 29.3 Å². The fourth-order valence-corrected chi connectivity index (χ4v) is 4.82. The van der Waals surface area contributed by atoms with E-state index in [1.165, 1.54) is 17.1 Å². The van der Waals surface area contributed by atoms with E-state index >= 15 is 0 Å². The lowest BCUT2D eigenvalue weighted by atomic mass is 10.0. The fourth-order valence-electron chi connectivity index (χ4n) is 4.82. The molecular formula is C23H26FN5O5S. The predicted octanol–water partition coefficient (Wildman–Crippen LogP) is 3.51. The van der Waals surface area contributed by atoms with Gasteiger partial charge in [-0.2, -0.15) is 13.5 Å². The molecule has 35 heavy (non-hydrogen) atoms. The highest BCUT2D eigenvalue weighted by Crippen LogP contribution is 2.38. The molecule has 3 aromatic rings. The molecule has 0 spiro atoms. The summed E-state index contributed by atoms with van der Waals surface area (Å²) in [5.41, 5.74) is 1.64. The van der Waals surface area contributed by atoms with Crippen LogP contribution in [0.15, 0.2) is 30.7 Å². The molecule has 2 atom stereocenters. The van der Waals surface area contributed by atoms with Gasteiger partial charge in [0.25, 0.3) is 0 Å². The Kier molecular flexibility index (Phi) is 7.39. The molecule has 4 heterocycles. The number of rotatable bonds is 4. The van der Waals surface area contributed by atoms with Gasteiger partial charge in [-0.05, 0) is 51.3 Å². The van der Waals surface area contributed by atoms with Gasteiger partial charge in [0.2, 0.25) is 5.88 Å². The number of hydrogen-bond acceptors (Lipinski definition) is 8. The Balaban J connectivity index is 0.000000917. The Morgan fingerprint density at radius 2 is 1.86 bits per heavy atom. The number of halogens is 1. The first-order chi connectivity index (χ1) is 16.8. The van der Waals surface area contributed by atoms with Crippen molar-refractivity contribution in [1.82, 2.24) is 24.6 Å². The van der Waals surface area contributed by atoms with Crippen molar-refractivity contribution in [3.05, 3.63) is 42.1 Å². The third kappa shape index (κ3) is 5.16. The first-order valence-corrected chi connectivity index (χ1v) is 12.0. The molecule has 2 unspecified atom stereocenters. The lowest BCUT2D eigenvalue weighted by Gasteiger charge is -2.38. The van der Waals surface area contributed by atoms with Gasteiger partial charge in [0, 0.05) is 24.9 Å². The van der Waals surface area contributed by atoms with Crippen LogP contribution in [0.1, 0.15) is 45.1 Å². The summed E-state index contributed by atoms with van der Waals surface area (Å²) in [6.45, 7) is 5.56. The average Bonchev–Trinajstić information content (AvgIpc) is 3.33. The summed E-state index contributed by atoms with van der Waals surface area (Å²) < 4.78 is 44.3. The number of fused-ring (bicyclic) bond motifs is 3. The molecule has 0 aliphatic carbocycles. The van der Waals surface area contributed by atoms with Crippen LogP contribution in [0.5, 0.6) is 5.88 Å². The standard InChI is InChI=1S/C23H26FN5O3.O2S/c1-13(2)31-23(30)28-15-5-6-16(28)10-17(9-15)32-22-18-11-27-29(21(18)25-12-26-22)20-7-4-14(3)8-19(20)24;1-3-2/h4,7-8,11-13,15-17H,5-6,9-10H2,1-3H3;. The first kappa shape index (κ1) is 24.7. The summed E-state index contributed by atoms with van der Waals surface area (Å²) in [5, 5.41) is 4.97. The summed E-state index contributed by atoms with van der Waals surface area (Å²) >= 11 is -0.750. The van der Waals surface area contributed by atoms with Crippen molar-refractivity contribution in [2.75, 3.05) is 0 Å². The van der Waals surface area contributed by atoms with Gasteiger partial charge >= 0.3 is 17.7 Å². The van der Waals surface area contributed by atoms with Crippen LogP contribution < -0.4 is 4.74 Å². The van der Waals surface area contributed by atoms with E-state index in [2.05, 4.69) is 15.1 Å². The average molecular weight is 504 g/mol. The highest BCUT2D eigenvalue weighted by Gasteiger charge is 2.45. The number of aryl methyl sites for hydroxylation is 1. The Morgan fingerprint density at radius 3 is 2.49 bits per heavy atom. The van der Waals surface area contributed by atoms with E-state index in [-0.39, 0.29) is 36.2 Å². The van der Waals surface area contributed by atoms with E-state index in [4.69, 9.17) is 17.9 Å². The van der Waals surface area contributed by atoms with E-state index in [1.807, 2.05) is 31.7 Å². The second-order valence-corrected chi connectivity index (χ2v) is 9.07. The molecule has 0 N–H and O–H groups in total. The van der Waals surface area contributed by atoms with Gasteiger partial charge < -0.3 is 14.4 Å². The minimum absolute atomic E-state index is 0.0758. The molecule has 2 aromatic heterocycles. The topological polar surface area (TPSA) is 117 Å². The van der Waals surface area contributed by atoms with Crippen LogP contribution in [-0.2, 0) is 16.3 Å². The van der Waals surface area contributed by atoms with E-state index in [9.17, 15) is 9.18 Å². The van der Waals surface area contributed by atoms with Crippen molar-refractivity contribution in [1.29, 1.82) is 0 Å². The SMILES string of the molecule is Cc1ccc(-n2ncc3c(OC4CC5CCC(C4)N5C(=O)OC(C)C)ncnc32)c(F)c1.O=S=O. The van der Waals surface area contributed by atoms with Crippen molar-refractivity contribution >= 4 is 28.7 Å². The molecule has 2 aliphatic rings. The Morgan fingerprint density at radius 1 is 1.17 bits per heavy atom. The third-order valence-corrected chi connectivity index (χ3v) is 6.18.